The van der Waals surface area contributed by atoms with Gasteiger partial charge in [-0.25, -0.2) is 4.98 Å². The number of hydrogen-bond acceptors (Lipinski definition) is 4. The first-order chi connectivity index (χ1) is 9.89. The number of anilines is 1. The van der Waals surface area contributed by atoms with E-state index >= 15 is 0 Å². The second kappa shape index (κ2) is 6.00. The van der Waals surface area contributed by atoms with Crippen LogP contribution in [0.5, 0.6) is 0 Å². The highest BCUT2D eigenvalue weighted by atomic mass is 16.5. The van der Waals surface area contributed by atoms with Gasteiger partial charge in [-0.2, -0.15) is 5.26 Å². The van der Waals surface area contributed by atoms with Crippen molar-refractivity contribution in [2.75, 3.05) is 18.5 Å². The number of aliphatic hydroxyl groups is 1. The van der Waals surface area contributed by atoms with E-state index < -0.39 is 0 Å². The van der Waals surface area contributed by atoms with Crippen LogP contribution in [0.25, 0.3) is 0 Å². The molecule has 3 N–H and O–H groups in total. The van der Waals surface area contributed by atoms with Gasteiger partial charge >= 0.3 is 0 Å². The van der Waals surface area contributed by atoms with Crippen molar-refractivity contribution in [3.8, 4) is 6.07 Å². The summed E-state index contributed by atoms with van der Waals surface area (Å²) in [7, 11) is 0. The lowest BCUT2D eigenvalue weighted by atomic mass is 9.86. The molecule has 0 bridgehead atoms. The van der Waals surface area contributed by atoms with E-state index in [0.717, 1.165) is 16.8 Å². The Morgan fingerprint density at radius 1 is 1.43 bits per heavy atom. The van der Waals surface area contributed by atoms with Crippen LogP contribution >= 0.6 is 0 Å². The maximum Gasteiger partial charge on any atom is 0.290 e. The number of nitrogens with one attached hydrogen (secondary N) is 2. The van der Waals surface area contributed by atoms with Gasteiger partial charge in [-0.05, 0) is 19.4 Å². The fourth-order valence-electron chi connectivity index (χ4n) is 2.77. The van der Waals surface area contributed by atoms with Crippen LogP contribution < -0.4 is 10.3 Å². The van der Waals surface area contributed by atoms with Crippen molar-refractivity contribution in [1.29, 1.82) is 5.26 Å². The molecule has 0 saturated heterocycles. The maximum atomic E-state index is 9.56. The van der Waals surface area contributed by atoms with Crippen molar-refractivity contribution in [2.45, 2.75) is 52.2 Å². The molecule has 0 saturated carbocycles. The molecule has 0 unspecified atom stereocenters. The first-order valence-electron chi connectivity index (χ1n) is 7.39. The lowest BCUT2D eigenvalue weighted by molar-refractivity contribution is -0.378. The van der Waals surface area contributed by atoms with Gasteiger partial charge in [0.1, 0.15) is 23.9 Å². The largest absolute Gasteiger partial charge is 0.392 e. The monoisotopic (exact) mass is 290 g/mol. The molecule has 1 aliphatic heterocycles. The highest BCUT2D eigenvalue weighted by Gasteiger charge is 2.34. The molecule has 1 aromatic rings. The number of aromatic amines is 1. The zero-order valence-electron chi connectivity index (χ0n) is 13.2. The number of ether oxygens (including phenoxy) is 1. The highest BCUT2D eigenvalue weighted by Crippen LogP contribution is 2.34. The van der Waals surface area contributed by atoms with Crippen molar-refractivity contribution >= 4 is 5.82 Å². The molecule has 0 atom stereocenters. The zero-order valence-corrected chi connectivity index (χ0v) is 13.2. The predicted octanol–water partition coefficient (Wildman–Crippen LogP) is 1.75. The van der Waals surface area contributed by atoms with Crippen LogP contribution in [-0.2, 0) is 17.8 Å². The third kappa shape index (κ3) is 3.17. The Morgan fingerprint density at radius 3 is 2.71 bits per heavy atom. The molecule has 21 heavy (non-hydrogen) atoms. The van der Waals surface area contributed by atoms with E-state index in [1.54, 1.807) is 0 Å². The number of aromatic nitrogens is 1. The summed E-state index contributed by atoms with van der Waals surface area (Å²) in [5.41, 5.74) is 3.65. The van der Waals surface area contributed by atoms with Gasteiger partial charge in [0.25, 0.3) is 5.82 Å². The second-order valence-corrected chi connectivity index (χ2v) is 6.39. The fourth-order valence-corrected chi connectivity index (χ4v) is 2.77. The SMILES string of the molecule is CC(C)c1[nH+]c(NCCO)c(C#N)c2c1COC(C)(C)C2. The summed E-state index contributed by atoms with van der Waals surface area (Å²) in [5.74, 6) is 1.01. The Morgan fingerprint density at radius 2 is 2.14 bits per heavy atom. The summed E-state index contributed by atoms with van der Waals surface area (Å²) in [6.07, 6.45) is 0.716. The van der Waals surface area contributed by atoms with Gasteiger partial charge in [0.2, 0.25) is 0 Å². The summed E-state index contributed by atoms with van der Waals surface area (Å²) in [4.78, 5) is 3.33. The normalized spacial score (nSPS) is 16.4. The number of rotatable bonds is 4. The van der Waals surface area contributed by atoms with E-state index in [4.69, 9.17) is 9.84 Å². The third-order valence-corrected chi connectivity index (χ3v) is 3.81. The molecule has 5 heteroatoms. The minimum Gasteiger partial charge on any atom is -0.392 e. The predicted molar refractivity (Wildman–Crippen MR) is 79.9 cm³/mol. The first-order valence-corrected chi connectivity index (χ1v) is 7.39. The Bertz CT molecular complexity index is 574. The zero-order chi connectivity index (χ0) is 15.6. The number of aliphatic hydroxyl groups excluding tert-OH is 1. The van der Waals surface area contributed by atoms with Crippen molar-refractivity contribution in [1.82, 2.24) is 0 Å². The molecule has 1 aliphatic rings. The van der Waals surface area contributed by atoms with E-state index in [1.165, 1.54) is 0 Å². The topological polar surface area (TPSA) is 79.4 Å². The van der Waals surface area contributed by atoms with Crippen LogP contribution in [0.15, 0.2) is 0 Å². The fraction of sp³-hybridized carbons (Fsp3) is 0.625. The number of hydrogen-bond donors (Lipinski definition) is 2. The average molecular weight is 290 g/mol. The van der Waals surface area contributed by atoms with Crippen LogP contribution in [0.3, 0.4) is 0 Å². The molecule has 1 aromatic heterocycles. The summed E-state index contributed by atoms with van der Waals surface area (Å²) in [6, 6.07) is 2.31. The number of H-pyrrole nitrogens is 1. The molecule has 114 valence electrons. The summed E-state index contributed by atoms with van der Waals surface area (Å²) >= 11 is 0. The first kappa shape index (κ1) is 15.7. The van der Waals surface area contributed by atoms with Crippen molar-refractivity contribution in [2.24, 2.45) is 0 Å². The van der Waals surface area contributed by atoms with Gasteiger partial charge in [-0.3, -0.25) is 5.32 Å². The summed E-state index contributed by atoms with van der Waals surface area (Å²) < 4.78 is 5.91. The standard InChI is InChI=1S/C16H23N3O2/c1-10(2)14-13-9-21-16(3,4)7-11(13)12(8-17)15(19-14)18-5-6-20/h10,20H,5-7,9H2,1-4H3,(H,18,19)/p+1. The summed E-state index contributed by atoms with van der Waals surface area (Å²) in [6.45, 7) is 9.30. The smallest absolute Gasteiger partial charge is 0.290 e. The van der Waals surface area contributed by atoms with Crippen LogP contribution in [0.2, 0.25) is 0 Å². The molecule has 2 heterocycles. The summed E-state index contributed by atoms with van der Waals surface area (Å²) in [5, 5.41) is 21.7. The van der Waals surface area contributed by atoms with Crippen LogP contribution in [0.4, 0.5) is 5.82 Å². The van der Waals surface area contributed by atoms with Crippen LogP contribution in [0.1, 0.15) is 56.0 Å². The van der Waals surface area contributed by atoms with E-state index in [-0.39, 0.29) is 12.2 Å². The lowest BCUT2D eigenvalue weighted by Gasteiger charge is -2.33. The molecule has 0 aromatic carbocycles. The Kier molecular flexibility index (Phi) is 4.50. The second-order valence-electron chi connectivity index (χ2n) is 6.39. The molecule has 2 rings (SSSR count). The molecule has 0 fully saturated rings. The van der Waals surface area contributed by atoms with Gasteiger partial charge in [-0.15, -0.1) is 0 Å². The van der Waals surface area contributed by atoms with E-state index in [9.17, 15) is 5.26 Å². The van der Waals surface area contributed by atoms with Crippen molar-refractivity contribution in [3.63, 3.8) is 0 Å². The van der Waals surface area contributed by atoms with E-state index in [1.807, 2.05) is 13.8 Å². The third-order valence-electron chi connectivity index (χ3n) is 3.81. The van der Waals surface area contributed by atoms with Gasteiger partial charge in [0, 0.05) is 17.9 Å². The van der Waals surface area contributed by atoms with Crippen molar-refractivity contribution in [3.05, 3.63) is 22.4 Å². The molecule has 0 amide bonds. The molecule has 0 radical (unpaired) electrons. The molecular formula is C16H24N3O2+. The van der Waals surface area contributed by atoms with Gasteiger partial charge in [0.05, 0.1) is 18.8 Å². The minimum atomic E-state index is -0.261. The van der Waals surface area contributed by atoms with E-state index in [2.05, 4.69) is 30.2 Å². The molecule has 0 spiro atoms. The average Bonchev–Trinajstić information content (AvgIpc) is 2.42. The van der Waals surface area contributed by atoms with E-state index in [0.29, 0.717) is 36.9 Å². The quantitative estimate of drug-likeness (QED) is 0.885. The van der Waals surface area contributed by atoms with Gasteiger partial charge in [-0.1, -0.05) is 13.8 Å². The number of nitrogens with zero attached hydrogens (tertiary/aromatic N) is 1. The Hall–Kier alpha value is -1.64. The minimum absolute atomic E-state index is 0.0292. The Labute approximate surface area is 126 Å². The van der Waals surface area contributed by atoms with Crippen LogP contribution in [0, 0.1) is 11.3 Å². The molecular weight excluding hydrogens is 266 g/mol. The van der Waals surface area contributed by atoms with Gasteiger partial charge < -0.3 is 9.84 Å². The molecule has 5 nitrogen and oxygen atoms in total. The highest BCUT2D eigenvalue weighted by molar-refractivity contribution is 5.56. The molecule has 0 aliphatic carbocycles. The number of nitriles is 1. The lowest BCUT2D eigenvalue weighted by Crippen LogP contribution is -2.36. The van der Waals surface area contributed by atoms with Gasteiger partial charge in [0.15, 0.2) is 0 Å². The maximum absolute atomic E-state index is 9.56. The van der Waals surface area contributed by atoms with Crippen LogP contribution in [-0.4, -0.2) is 23.9 Å². The number of pyridine rings is 1. The number of fused-ring (bicyclic) bond motifs is 1. The Balaban J connectivity index is 2.60. The van der Waals surface area contributed by atoms with Crippen molar-refractivity contribution < 1.29 is 14.8 Å².